The number of rotatable bonds is 15. The second-order valence-electron chi connectivity index (χ2n) is 31.8. The van der Waals surface area contributed by atoms with Crippen LogP contribution in [0.4, 0.5) is 34.1 Å². The van der Waals surface area contributed by atoms with Crippen LogP contribution in [0.2, 0.25) is 0 Å². The molecular weight excluding hydrogens is 1530 g/mol. The first kappa shape index (κ1) is 71.1. The molecule has 0 aliphatic rings. The van der Waals surface area contributed by atoms with E-state index in [-0.39, 0.29) is 0 Å². The van der Waals surface area contributed by atoms with E-state index in [0.29, 0.717) is 0 Å². The molecule has 0 atom stereocenters. The predicted molar refractivity (Wildman–Crippen MR) is 526 cm³/mol. The normalized spacial score (nSPS) is 11.8. The van der Waals surface area contributed by atoms with Gasteiger partial charge < -0.3 is 14.2 Å². The van der Waals surface area contributed by atoms with Crippen LogP contribution in [-0.2, 0) is 0 Å². The van der Waals surface area contributed by atoms with E-state index in [1.807, 2.05) is 34.0 Å². The highest BCUT2D eigenvalue weighted by Crippen LogP contribution is 2.49. The monoisotopic (exact) mass is 1600 g/mol. The number of benzene rings is 20. The Kier molecular flexibility index (Phi) is 17.2. The average molecular weight is 1610 g/mol. The summed E-state index contributed by atoms with van der Waals surface area (Å²) >= 11 is 5.61. The highest BCUT2D eigenvalue weighted by Gasteiger charge is 2.23. The summed E-state index contributed by atoms with van der Waals surface area (Å²) in [5.41, 5.74) is 29.3. The van der Waals surface area contributed by atoms with Crippen LogP contribution in [0.5, 0.6) is 0 Å². The van der Waals surface area contributed by atoms with Crippen LogP contribution in [-0.4, -0.2) is 0 Å². The lowest BCUT2D eigenvalue weighted by molar-refractivity contribution is 0.669. The molecule has 0 saturated carbocycles. The van der Waals surface area contributed by atoms with Crippen LogP contribution in [0, 0.1) is 0 Å². The highest BCUT2D eigenvalue weighted by atomic mass is 32.1. The quantitative estimate of drug-likeness (QED) is 0.102. The van der Waals surface area contributed by atoms with Crippen molar-refractivity contribution in [1.82, 2.24) is 0 Å². The Morgan fingerprint density at radius 3 is 1.20 bits per heavy atom. The highest BCUT2D eigenvalue weighted by molar-refractivity contribution is 7.27. The molecule has 0 N–H and O–H groups in total. The van der Waals surface area contributed by atoms with Gasteiger partial charge in [0.25, 0.3) is 0 Å². The topological polar surface area (TPSA) is 19.6 Å². The van der Waals surface area contributed by atoms with Crippen LogP contribution in [0.15, 0.2) is 441 Å². The van der Waals surface area contributed by atoms with Crippen LogP contribution in [0.25, 0.3) is 204 Å². The molecular formula is C116H72N2OS3. The van der Waals surface area contributed by atoms with Crippen molar-refractivity contribution in [3.05, 3.63) is 437 Å². The Bertz CT molecular complexity index is 8280. The van der Waals surface area contributed by atoms with Gasteiger partial charge in [0.05, 0.1) is 0 Å². The molecule has 0 fully saturated rings. The van der Waals surface area contributed by atoms with Gasteiger partial charge in [-0.25, -0.2) is 0 Å². The van der Waals surface area contributed by atoms with E-state index in [1.54, 1.807) is 0 Å². The molecule has 122 heavy (non-hydrogen) atoms. The maximum Gasteiger partial charge on any atom is 0.136 e. The van der Waals surface area contributed by atoms with Crippen molar-refractivity contribution < 1.29 is 4.42 Å². The van der Waals surface area contributed by atoms with E-state index in [2.05, 4.69) is 447 Å². The summed E-state index contributed by atoms with van der Waals surface area (Å²) in [5, 5.41) is 14.8. The van der Waals surface area contributed by atoms with Gasteiger partial charge in [-0.2, -0.15) is 0 Å². The van der Waals surface area contributed by atoms with Gasteiger partial charge in [0.15, 0.2) is 0 Å². The van der Waals surface area contributed by atoms with Gasteiger partial charge in [0, 0.05) is 105 Å². The first-order valence-corrected chi connectivity index (χ1v) is 44.0. The maximum absolute atomic E-state index is 6.78. The third-order valence-electron chi connectivity index (χ3n) is 24.6. The largest absolute Gasteiger partial charge is 0.456 e. The van der Waals surface area contributed by atoms with Gasteiger partial charge in [0.1, 0.15) is 11.2 Å². The lowest BCUT2D eigenvalue weighted by Gasteiger charge is -2.27. The lowest BCUT2D eigenvalue weighted by Crippen LogP contribution is -2.10. The Labute approximate surface area is 717 Å². The SMILES string of the molecule is c1cc(-c2cccc(N(c3ccc(-c4ccc5oc6cc(-c7ccc8c(c7)sc7c(-c9cccc(-c%10cccc(N(c%11ccc(-c%12cccc%13ccccc%12%13)cc%11)c%11ccc(-c%12cccc%13sc%14ccccc%14c%12%13)cc%11)c%10)c9)cccc78)ccc6c5c4)cc3)c3cccc(-c4ccc5ccccc5c4)c3)c2)cc(-c2cccc3c2sc2ccccc23)c1. The van der Waals surface area contributed by atoms with Crippen molar-refractivity contribution >= 4 is 172 Å². The van der Waals surface area contributed by atoms with Crippen LogP contribution in [0.1, 0.15) is 0 Å². The zero-order valence-corrected chi connectivity index (χ0v) is 68.5. The molecule has 0 bridgehead atoms. The van der Waals surface area contributed by atoms with Crippen LogP contribution in [0.3, 0.4) is 0 Å². The zero-order chi connectivity index (χ0) is 80.3. The molecule has 570 valence electrons. The summed E-state index contributed by atoms with van der Waals surface area (Å²) in [5.74, 6) is 0. The Hall–Kier alpha value is -15.0. The number of fused-ring (bicyclic) bond motifs is 14. The van der Waals surface area contributed by atoms with Gasteiger partial charge in [-0.05, 0) is 261 Å². The molecule has 0 aliphatic heterocycles. The average Bonchev–Trinajstić information content (AvgIpc) is 1.59. The van der Waals surface area contributed by atoms with E-state index in [4.69, 9.17) is 4.42 Å². The molecule has 0 spiro atoms. The van der Waals surface area contributed by atoms with E-state index < -0.39 is 0 Å². The maximum atomic E-state index is 6.78. The van der Waals surface area contributed by atoms with E-state index in [1.165, 1.54) is 138 Å². The van der Waals surface area contributed by atoms with Crippen LogP contribution < -0.4 is 9.80 Å². The number of nitrogens with zero attached hydrogens (tertiary/aromatic N) is 2. The molecule has 0 amide bonds. The Balaban J connectivity index is 0.524. The molecule has 6 heteroatoms. The van der Waals surface area contributed by atoms with Crippen molar-refractivity contribution in [3.8, 4) is 100 Å². The van der Waals surface area contributed by atoms with Gasteiger partial charge in [0.2, 0.25) is 0 Å². The molecule has 4 aromatic heterocycles. The summed E-state index contributed by atoms with van der Waals surface area (Å²) in [4.78, 5) is 4.80. The fourth-order valence-corrected chi connectivity index (χ4v) is 22.3. The minimum absolute atomic E-state index is 0.863. The molecule has 0 aliphatic carbocycles. The van der Waals surface area contributed by atoms with Gasteiger partial charge in [-0.3, -0.25) is 0 Å². The third kappa shape index (κ3) is 12.5. The molecule has 24 rings (SSSR count). The first-order chi connectivity index (χ1) is 60.4. The van der Waals surface area contributed by atoms with Gasteiger partial charge >= 0.3 is 0 Å². The Morgan fingerprint density at radius 1 is 0.164 bits per heavy atom. The summed E-state index contributed by atoms with van der Waals surface area (Å²) in [6, 6.07) is 161. The summed E-state index contributed by atoms with van der Waals surface area (Å²) < 4.78 is 14.5. The number of furan rings is 1. The van der Waals surface area contributed by atoms with Crippen molar-refractivity contribution in [2.24, 2.45) is 0 Å². The van der Waals surface area contributed by atoms with Crippen molar-refractivity contribution in [3.63, 3.8) is 0 Å². The first-order valence-electron chi connectivity index (χ1n) is 41.5. The van der Waals surface area contributed by atoms with Crippen molar-refractivity contribution in [2.75, 3.05) is 9.80 Å². The molecule has 24 aromatic rings. The number of anilines is 6. The number of thiophene rings is 3. The van der Waals surface area contributed by atoms with Gasteiger partial charge in [-0.15, -0.1) is 34.0 Å². The Morgan fingerprint density at radius 2 is 0.557 bits per heavy atom. The summed E-state index contributed by atoms with van der Waals surface area (Å²) in [6.45, 7) is 0. The van der Waals surface area contributed by atoms with Gasteiger partial charge in [-0.1, -0.05) is 297 Å². The third-order valence-corrected chi connectivity index (χ3v) is 28.2. The molecule has 20 aromatic carbocycles. The fraction of sp³-hybridized carbons (Fsp3) is 0. The lowest BCUT2D eigenvalue weighted by atomic mass is 9.96. The molecule has 0 radical (unpaired) electrons. The second kappa shape index (κ2) is 29.5. The van der Waals surface area contributed by atoms with E-state index in [0.717, 1.165) is 101 Å². The molecule has 0 saturated heterocycles. The number of hydrogen-bond acceptors (Lipinski definition) is 6. The minimum atomic E-state index is 0.863. The van der Waals surface area contributed by atoms with Crippen LogP contribution >= 0.6 is 34.0 Å². The molecule has 4 heterocycles. The standard InChI is InChI=1S/C116H72N2OS3/c1-2-20-78-64-84(45-44-73(78)18-1)83-26-13-31-95(69-83)118(94-30-12-25-82(68-94)80-23-9-27-88(65-80)99-37-15-39-104-102-33-5-7-41-110(102)121-115(99)104)92-55-46-74(47-56-92)85-54-63-108-107(70-85)101-61-52-86(71-109(101)119-108)87-53-62-103-105-40-16-38-100(116(105)122-113(103)72-87)89-28-10-22-79(66-89)81-24-11-29-93(67-81)117(90-57-48-76(49-58-90)97-35-14-21-75-19-3-4-32-96(75)97)91-59-50-77(51-60-91)98-36-17-43-112-114(98)106-34-6-8-42-111(106)120-112/h1-72H. The summed E-state index contributed by atoms with van der Waals surface area (Å²) in [6.07, 6.45) is 0. The molecule has 0 unspecified atom stereocenters. The van der Waals surface area contributed by atoms with Crippen molar-refractivity contribution in [1.29, 1.82) is 0 Å². The number of hydrogen-bond donors (Lipinski definition) is 0. The molecule has 3 nitrogen and oxygen atoms in total. The second-order valence-corrected chi connectivity index (χ2v) is 35.0. The summed E-state index contributed by atoms with van der Waals surface area (Å²) in [7, 11) is 0. The fourth-order valence-electron chi connectivity index (χ4n) is 18.7. The smallest absolute Gasteiger partial charge is 0.136 e. The zero-order valence-electron chi connectivity index (χ0n) is 66.1. The van der Waals surface area contributed by atoms with E-state index in [9.17, 15) is 0 Å². The predicted octanol–water partition coefficient (Wildman–Crippen LogP) is 34.9. The van der Waals surface area contributed by atoms with E-state index >= 15 is 0 Å². The van der Waals surface area contributed by atoms with Crippen molar-refractivity contribution in [2.45, 2.75) is 0 Å². The minimum Gasteiger partial charge on any atom is -0.456 e.